The zero-order chi connectivity index (χ0) is 18.6. The van der Waals surface area contributed by atoms with Crippen molar-refractivity contribution in [2.45, 2.75) is 37.6 Å². The number of rotatable bonds is 10. The van der Waals surface area contributed by atoms with Gasteiger partial charge in [-0.2, -0.15) is 0 Å². The number of nitrogens with one attached hydrogen (secondary N) is 2. The summed E-state index contributed by atoms with van der Waals surface area (Å²) in [5.74, 6) is 2.57. The number of thioether (sulfide) groups is 1. The Hall–Kier alpha value is -0.100. The van der Waals surface area contributed by atoms with Crippen molar-refractivity contribution in [1.82, 2.24) is 20.5 Å². The first kappa shape index (κ1) is 24.9. The van der Waals surface area contributed by atoms with Gasteiger partial charge in [0.2, 0.25) is 0 Å². The number of hydrogen-bond acceptors (Lipinski definition) is 6. The predicted molar refractivity (Wildman–Crippen MR) is 128 cm³/mol. The van der Waals surface area contributed by atoms with E-state index in [1.165, 1.54) is 0 Å². The van der Waals surface area contributed by atoms with Crippen molar-refractivity contribution in [3.05, 3.63) is 11.6 Å². The second kappa shape index (κ2) is 14.8. The smallest absolute Gasteiger partial charge is 0.191 e. The molecule has 1 aliphatic heterocycles. The van der Waals surface area contributed by atoms with Gasteiger partial charge in [0.1, 0.15) is 4.34 Å². The third-order valence-electron chi connectivity index (χ3n) is 4.31. The van der Waals surface area contributed by atoms with Gasteiger partial charge in [0.15, 0.2) is 5.96 Å². The topological polar surface area (TPSA) is 61.8 Å². The Morgan fingerprint density at radius 1 is 1.37 bits per heavy atom. The van der Waals surface area contributed by atoms with Crippen LogP contribution in [0.4, 0.5) is 0 Å². The van der Waals surface area contributed by atoms with Crippen LogP contribution >= 0.6 is 47.1 Å². The average Bonchev–Trinajstić information content (AvgIpc) is 3.15. The van der Waals surface area contributed by atoms with E-state index in [1.54, 1.807) is 11.3 Å². The number of guanidine groups is 1. The highest BCUT2D eigenvalue weighted by Crippen LogP contribution is 2.20. The molecule has 0 saturated carbocycles. The van der Waals surface area contributed by atoms with Gasteiger partial charge in [0.05, 0.1) is 19.8 Å². The molecule has 0 amide bonds. The first-order chi connectivity index (χ1) is 12.7. The maximum atomic E-state index is 5.49. The van der Waals surface area contributed by atoms with Crippen LogP contribution in [0.2, 0.25) is 0 Å². The Labute approximate surface area is 189 Å². The molecule has 1 aromatic heterocycles. The molecule has 1 fully saturated rings. The van der Waals surface area contributed by atoms with Crippen LogP contribution < -0.4 is 10.6 Å². The minimum Gasteiger partial charge on any atom is -0.379 e. The second-order valence-corrected chi connectivity index (χ2v) is 8.84. The molecule has 1 atom stereocenters. The largest absolute Gasteiger partial charge is 0.379 e. The van der Waals surface area contributed by atoms with E-state index >= 15 is 0 Å². The molecule has 0 aliphatic carbocycles. The van der Waals surface area contributed by atoms with E-state index in [1.807, 2.05) is 23.3 Å². The van der Waals surface area contributed by atoms with Crippen LogP contribution in [-0.2, 0) is 4.74 Å². The molecule has 0 bridgehead atoms. The van der Waals surface area contributed by atoms with Gasteiger partial charge in [-0.25, -0.2) is 4.98 Å². The highest BCUT2D eigenvalue weighted by atomic mass is 127. The number of aromatic nitrogens is 1. The number of aliphatic imine (C=N–C) groups is 1. The van der Waals surface area contributed by atoms with E-state index in [4.69, 9.17) is 9.73 Å². The van der Waals surface area contributed by atoms with Gasteiger partial charge in [0.25, 0.3) is 0 Å². The maximum absolute atomic E-state index is 5.49. The minimum atomic E-state index is 0. The van der Waals surface area contributed by atoms with Gasteiger partial charge in [-0.1, -0.05) is 25.6 Å². The Morgan fingerprint density at radius 3 is 2.78 bits per heavy atom. The summed E-state index contributed by atoms with van der Waals surface area (Å²) in [6.45, 7) is 13.0. The van der Waals surface area contributed by atoms with Crippen LogP contribution in [0.3, 0.4) is 0 Å². The molecule has 1 unspecified atom stereocenters. The molecule has 0 radical (unpaired) electrons. The number of nitrogens with zero attached hydrogens (tertiary/aromatic N) is 3. The molecule has 9 heteroatoms. The van der Waals surface area contributed by atoms with Gasteiger partial charge in [-0.05, 0) is 19.3 Å². The summed E-state index contributed by atoms with van der Waals surface area (Å²) in [5, 5.41) is 8.85. The molecular weight excluding hydrogens is 493 g/mol. The molecular formula is C18H34IN5OS2. The summed E-state index contributed by atoms with van der Waals surface area (Å²) < 4.78 is 6.64. The Bertz CT molecular complexity index is 510. The molecule has 6 nitrogen and oxygen atoms in total. The Morgan fingerprint density at radius 2 is 2.15 bits per heavy atom. The van der Waals surface area contributed by atoms with Crippen molar-refractivity contribution in [3.63, 3.8) is 0 Å². The van der Waals surface area contributed by atoms with Crippen LogP contribution in [0.25, 0.3) is 0 Å². The number of halogens is 1. The molecule has 1 aromatic rings. The minimum absolute atomic E-state index is 0. The van der Waals surface area contributed by atoms with Crippen molar-refractivity contribution >= 4 is 53.0 Å². The summed E-state index contributed by atoms with van der Waals surface area (Å²) in [6.07, 6.45) is 2.95. The fraction of sp³-hybridized carbons (Fsp3) is 0.778. The van der Waals surface area contributed by atoms with E-state index in [0.717, 1.165) is 68.4 Å². The quantitative estimate of drug-likeness (QED) is 0.160. The Kier molecular flexibility index (Phi) is 13.7. The summed E-state index contributed by atoms with van der Waals surface area (Å²) in [6, 6.07) is 0.467. The average molecular weight is 528 g/mol. The standard InChI is InChI=1S/C18H33N5OS2.HI/c1-4-19-17(20-6-5-12-25-18-21-7-13-26-18)22-14-16(15(2)3)23-8-10-24-11-9-23;/h7,13,15-16H,4-6,8-12,14H2,1-3H3,(H2,19,20,22);1H. The normalized spacial score (nSPS) is 16.8. The SMILES string of the molecule is CCNC(=NCC(C(C)C)N1CCOCC1)NCCCSc1nccs1.I. The molecule has 0 aromatic carbocycles. The van der Waals surface area contributed by atoms with Crippen LogP contribution in [0, 0.1) is 5.92 Å². The molecule has 2 N–H and O–H groups in total. The lowest BCUT2D eigenvalue weighted by Crippen LogP contribution is -2.48. The molecule has 1 saturated heterocycles. The third kappa shape index (κ3) is 9.78. The van der Waals surface area contributed by atoms with Crippen molar-refractivity contribution in [2.75, 3.05) is 51.7 Å². The first-order valence-electron chi connectivity index (χ1n) is 9.57. The Balaban J connectivity index is 0.00000364. The van der Waals surface area contributed by atoms with Gasteiger partial charge in [-0.15, -0.1) is 35.3 Å². The molecule has 156 valence electrons. The highest BCUT2D eigenvalue weighted by Gasteiger charge is 2.23. The van der Waals surface area contributed by atoms with Gasteiger partial charge >= 0.3 is 0 Å². The first-order valence-corrected chi connectivity index (χ1v) is 11.4. The summed E-state index contributed by atoms with van der Waals surface area (Å²) in [4.78, 5) is 11.7. The maximum Gasteiger partial charge on any atom is 0.191 e. The highest BCUT2D eigenvalue weighted by molar-refractivity contribution is 14.0. The van der Waals surface area contributed by atoms with E-state index in [9.17, 15) is 0 Å². The second-order valence-electron chi connectivity index (χ2n) is 6.61. The van der Waals surface area contributed by atoms with Gasteiger partial charge < -0.3 is 15.4 Å². The van der Waals surface area contributed by atoms with Crippen molar-refractivity contribution in [2.24, 2.45) is 10.9 Å². The van der Waals surface area contributed by atoms with E-state index in [0.29, 0.717) is 12.0 Å². The number of thiazole rings is 1. The summed E-state index contributed by atoms with van der Waals surface area (Å²) in [5.41, 5.74) is 0. The number of ether oxygens (including phenoxy) is 1. The van der Waals surface area contributed by atoms with Crippen LogP contribution in [0.15, 0.2) is 20.9 Å². The zero-order valence-electron chi connectivity index (χ0n) is 16.6. The lowest BCUT2D eigenvalue weighted by Gasteiger charge is -2.36. The lowest BCUT2D eigenvalue weighted by atomic mass is 10.0. The number of morpholine rings is 1. The van der Waals surface area contributed by atoms with E-state index in [-0.39, 0.29) is 24.0 Å². The van der Waals surface area contributed by atoms with Gasteiger partial charge in [-0.3, -0.25) is 9.89 Å². The monoisotopic (exact) mass is 527 g/mol. The molecule has 1 aliphatic rings. The fourth-order valence-corrected chi connectivity index (χ4v) is 4.55. The van der Waals surface area contributed by atoms with Crippen LogP contribution in [0.5, 0.6) is 0 Å². The summed E-state index contributed by atoms with van der Waals surface area (Å²) in [7, 11) is 0. The van der Waals surface area contributed by atoms with E-state index in [2.05, 4.69) is 41.3 Å². The van der Waals surface area contributed by atoms with Crippen molar-refractivity contribution in [3.8, 4) is 0 Å². The molecule has 27 heavy (non-hydrogen) atoms. The summed E-state index contributed by atoms with van der Waals surface area (Å²) >= 11 is 3.53. The molecule has 0 spiro atoms. The molecule has 2 heterocycles. The van der Waals surface area contributed by atoms with Gasteiger partial charge in [0, 0.05) is 49.6 Å². The zero-order valence-corrected chi connectivity index (χ0v) is 20.6. The van der Waals surface area contributed by atoms with E-state index < -0.39 is 0 Å². The lowest BCUT2D eigenvalue weighted by molar-refractivity contribution is 0.00867. The third-order valence-corrected chi connectivity index (χ3v) is 6.37. The van der Waals surface area contributed by atoms with Crippen LogP contribution in [-0.4, -0.2) is 73.6 Å². The van der Waals surface area contributed by atoms with Crippen LogP contribution in [0.1, 0.15) is 27.2 Å². The number of hydrogen-bond donors (Lipinski definition) is 2. The van der Waals surface area contributed by atoms with Crippen molar-refractivity contribution in [1.29, 1.82) is 0 Å². The predicted octanol–water partition coefficient (Wildman–Crippen LogP) is 3.16. The molecule has 2 rings (SSSR count). The van der Waals surface area contributed by atoms with Crippen molar-refractivity contribution < 1.29 is 4.74 Å². The fourth-order valence-electron chi connectivity index (χ4n) is 2.90.